The van der Waals surface area contributed by atoms with Gasteiger partial charge in [0.2, 0.25) is 0 Å². The lowest BCUT2D eigenvalue weighted by molar-refractivity contribution is 0.597. The molecule has 0 saturated heterocycles. The minimum Gasteiger partial charge on any atom is -0.354 e. The first-order valence-corrected chi connectivity index (χ1v) is 10.4. The second-order valence-electron chi connectivity index (χ2n) is 6.42. The Morgan fingerprint density at radius 2 is 1.89 bits per heavy atom. The van der Waals surface area contributed by atoms with Crippen molar-refractivity contribution < 1.29 is 17.2 Å². The fraction of sp³-hybridized carbons (Fsp3) is 0.222. The SMILES string of the molecule is Cc1cnc(NC(c2ccc(F)c(Cl)c2)c2nc(S(C)(=O)=O)c(C)[nH]2)c(F)c1. The molecule has 0 amide bonds. The van der Waals surface area contributed by atoms with E-state index in [9.17, 15) is 17.2 Å². The van der Waals surface area contributed by atoms with E-state index in [1.807, 2.05) is 0 Å². The van der Waals surface area contributed by atoms with Gasteiger partial charge in [-0.15, -0.1) is 0 Å². The molecule has 10 heteroatoms. The molecule has 3 aromatic rings. The molecule has 148 valence electrons. The second-order valence-corrected chi connectivity index (χ2v) is 8.76. The van der Waals surface area contributed by atoms with E-state index in [2.05, 4.69) is 20.3 Å². The van der Waals surface area contributed by atoms with Gasteiger partial charge in [-0.2, -0.15) is 0 Å². The molecule has 2 aromatic heterocycles. The Kier molecular flexibility index (Phi) is 5.40. The fourth-order valence-corrected chi connectivity index (χ4v) is 3.80. The molecule has 0 aliphatic carbocycles. The molecule has 0 radical (unpaired) electrons. The zero-order valence-electron chi connectivity index (χ0n) is 15.2. The first kappa shape index (κ1) is 20.2. The van der Waals surface area contributed by atoms with Crippen LogP contribution < -0.4 is 5.32 Å². The normalized spacial score (nSPS) is 12.8. The number of halogens is 3. The molecule has 0 spiro atoms. The van der Waals surface area contributed by atoms with Crippen molar-refractivity contribution in [1.82, 2.24) is 15.0 Å². The molecule has 0 saturated carbocycles. The number of aryl methyl sites for hydroxylation is 2. The quantitative estimate of drug-likeness (QED) is 0.644. The van der Waals surface area contributed by atoms with Gasteiger partial charge in [0.1, 0.15) is 17.7 Å². The molecule has 0 aliphatic rings. The largest absolute Gasteiger partial charge is 0.354 e. The second kappa shape index (κ2) is 7.48. The van der Waals surface area contributed by atoms with Crippen LogP contribution in [0.5, 0.6) is 0 Å². The van der Waals surface area contributed by atoms with Crippen molar-refractivity contribution in [3.8, 4) is 0 Å². The van der Waals surface area contributed by atoms with E-state index in [0.29, 0.717) is 16.8 Å². The van der Waals surface area contributed by atoms with Gasteiger partial charge < -0.3 is 10.3 Å². The summed E-state index contributed by atoms with van der Waals surface area (Å²) >= 11 is 5.89. The van der Waals surface area contributed by atoms with Crippen LogP contribution in [-0.2, 0) is 9.84 Å². The van der Waals surface area contributed by atoms with Crippen molar-refractivity contribution in [2.24, 2.45) is 0 Å². The van der Waals surface area contributed by atoms with Crippen LogP contribution >= 0.6 is 11.6 Å². The highest BCUT2D eigenvalue weighted by molar-refractivity contribution is 7.90. The molecule has 1 unspecified atom stereocenters. The van der Waals surface area contributed by atoms with Crippen LogP contribution in [-0.4, -0.2) is 29.6 Å². The monoisotopic (exact) mass is 426 g/mol. The third-order valence-corrected chi connectivity index (χ3v) is 5.41. The highest BCUT2D eigenvalue weighted by Crippen LogP contribution is 2.29. The maximum Gasteiger partial charge on any atom is 0.194 e. The number of H-pyrrole nitrogens is 1. The highest BCUT2D eigenvalue weighted by atomic mass is 35.5. The minimum absolute atomic E-state index is 0.0639. The van der Waals surface area contributed by atoms with Crippen LogP contribution in [0.4, 0.5) is 14.6 Å². The maximum atomic E-state index is 14.3. The van der Waals surface area contributed by atoms with Gasteiger partial charge in [-0.3, -0.25) is 0 Å². The average molecular weight is 427 g/mol. The maximum absolute atomic E-state index is 14.3. The fourth-order valence-electron chi connectivity index (χ4n) is 2.74. The Labute approximate surface area is 165 Å². The van der Waals surface area contributed by atoms with E-state index < -0.39 is 27.5 Å². The van der Waals surface area contributed by atoms with Gasteiger partial charge in [-0.25, -0.2) is 27.2 Å². The Morgan fingerprint density at radius 1 is 1.18 bits per heavy atom. The molecule has 1 atom stereocenters. The van der Waals surface area contributed by atoms with E-state index in [1.165, 1.54) is 30.5 Å². The molecule has 2 N–H and O–H groups in total. The molecular formula is C18H17ClF2N4O2S. The minimum atomic E-state index is -3.58. The Morgan fingerprint density at radius 3 is 2.46 bits per heavy atom. The third-order valence-electron chi connectivity index (χ3n) is 4.02. The molecule has 1 aromatic carbocycles. The van der Waals surface area contributed by atoms with Crippen LogP contribution in [0.2, 0.25) is 5.02 Å². The van der Waals surface area contributed by atoms with Crippen molar-refractivity contribution in [3.63, 3.8) is 0 Å². The number of sulfone groups is 1. The molecule has 0 fully saturated rings. The van der Waals surface area contributed by atoms with Gasteiger partial charge in [0, 0.05) is 12.5 Å². The van der Waals surface area contributed by atoms with Gasteiger partial charge in [-0.1, -0.05) is 17.7 Å². The highest BCUT2D eigenvalue weighted by Gasteiger charge is 2.25. The molecule has 2 heterocycles. The van der Waals surface area contributed by atoms with Crippen molar-refractivity contribution in [2.45, 2.75) is 24.9 Å². The molecule has 0 bridgehead atoms. The Balaban J connectivity index is 2.13. The summed E-state index contributed by atoms with van der Waals surface area (Å²) < 4.78 is 51.8. The van der Waals surface area contributed by atoms with E-state index >= 15 is 0 Å². The van der Waals surface area contributed by atoms with Gasteiger partial charge in [0.25, 0.3) is 0 Å². The van der Waals surface area contributed by atoms with Crippen LogP contribution in [0.3, 0.4) is 0 Å². The number of nitrogens with one attached hydrogen (secondary N) is 2. The smallest absolute Gasteiger partial charge is 0.194 e. The average Bonchev–Trinajstić information content (AvgIpc) is 2.99. The third kappa shape index (κ3) is 4.15. The van der Waals surface area contributed by atoms with E-state index in [-0.39, 0.29) is 21.7 Å². The van der Waals surface area contributed by atoms with Crippen LogP contribution in [0.25, 0.3) is 0 Å². The summed E-state index contributed by atoms with van der Waals surface area (Å²) in [5.74, 6) is -1.07. The summed E-state index contributed by atoms with van der Waals surface area (Å²) in [6.45, 7) is 3.26. The predicted molar refractivity (Wildman–Crippen MR) is 102 cm³/mol. The summed E-state index contributed by atoms with van der Waals surface area (Å²) in [5.41, 5.74) is 1.41. The zero-order chi connectivity index (χ0) is 20.6. The molecule has 0 aliphatic heterocycles. The van der Waals surface area contributed by atoms with Crippen molar-refractivity contribution in [3.05, 3.63) is 69.8 Å². The van der Waals surface area contributed by atoms with Gasteiger partial charge in [-0.05, 0) is 43.2 Å². The number of aromatic amines is 1. The number of anilines is 1. The number of nitrogens with zero attached hydrogens (tertiary/aromatic N) is 2. The summed E-state index contributed by atoms with van der Waals surface area (Å²) in [6, 6.07) is 4.43. The number of imidazole rings is 1. The predicted octanol–water partition coefficient (Wildman–Crippen LogP) is 3.96. The van der Waals surface area contributed by atoms with E-state index in [0.717, 1.165) is 6.26 Å². The molecular weight excluding hydrogens is 410 g/mol. The van der Waals surface area contributed by atoms with Crippen LogP contribution in [0.1, 0.15) is 28.7 Å². The van der Waals surface area contributed by atoms with Crippen LogP contribution in [0, 0.1) is 25.5 Å². The molecule has 6 nitrogen and oxygen atoms in total. The topological polar surface area (TPSA) is 87.7 Å². The summed E-state index contributed by atoms with van der Waals surface area (Å²) in [6.07, 6.45) is 2.52. The number of benzene rings is 1. The lowest BCUT2D eigenvalue weighted by atomic mass is 10.1. The van der Waals surface area contributed by atoms with Crippen molar-refractivity contribution in [2.75, 3.05) is 11.6 Å². The van der Waals surface area contributed by atoms with Crippen molar-refractivity contribution >= 4 is 27.3 Å². The first-order chi connectivity index (χ1) is 13.1. The number of hydrogen-bond donors (Lipinski definition) is 2. The van der Waals surface area contributed by atoms with E-state index in [4.69, 9.17) is 11.6 Å². The molecule has 28 heavy (non-hydrogen) atoms. The van der Waals surface area contributed by atoms with Crippen molar-refractivity contribution in [1.29, 1.82) is 0 Å². The lowest BCUT2D eigenvalue weighted by Gasteiger charge is -2.19. The Hall–Kier alpha value is -2.52. The van der Waals surface area contributed by atoms with Crippen LogP contribution in [0.15, 0.2) is 35.5 Å². The number of hydrogen-bond acceptors (Lipinski definition) is 5. The number of aromatic nitrogens is 3. The number of pyridine rings is 1. The van der Waals surface area contributed by atoms with Gasteiger partial charge in [0.05, 0.1) is 10.7 Å². The number of rotatable bonds is 5. The lowest BCUT2D eigenvalue weighted by Crippen LogP contribution is -2.16. The Bertz CT molecular complexity index is 1150. The zero-order valence-corrected chi connectivity index (χ0v) is 16.8. The van der Waals surface area contributed by atoms with Gasteiger partial charge >= 0.3 is 0 Å². The summed E-state index contributed by atoms with van der Waals surface area (Å²) in [5, 5.41) is 2.63. The standard InChI is InChI=1S/C18H17ClF2N4O2S/c1-9-6-14(21)16(22-8-9)24-15(11-4-5-13(20)12(19)7-11)17-23-10(2)18(25-17)28(3,26)27/h4-8,15H,1-3H3,(H,22,24)(H,23,25). The molecule has 3 rings (SSSR count). The van der Waals surface area contributed by atoms with Gasteiger partial charge in [0.15, 0.2) is 26.5 Å². The first-order valence-electron chi connectivity index (χ1n) is 8.16. The van der Waals surface area contributed by atoms with E-state index in [1.54, 1.807) is 13.8 Å². The summed E-state index contributed by atoms with van der Waals surface area (Å²) in [4.78, 5) is 11.1. The summed E-state index contributed by atoms with van der Waals surface area (Å²) in [7, 11) is -3.58.